The van der Waals surface area contributed by atoms with Crippen molar-refractivity contribution in [3.05, 3.63) is 40.7 Å². The average Bonchev–Trinajstić information content (AvgIpc) is 2.64. The Balaban J connectivity index is 1.99. The molecule has 0 aliphatic rings. The highest BCUT2D eigenvalue weighted by Crippen LogP contribution is 2.19. The zero-order chi connectivity index (χ0) is 15.6. The fourth-order valence-electron chi connectivity index (χ4n) is 2.33. The molecule has 0 atom stereocenters. The number of nitrogens with one attached hydrogen (secondary N) is 2. The molecule has 0 unspecified atom stereocenters. The third-order valence-corrected chi connectivity index (χ3v) is 3.59. The van der Waals surface area contributed by atoms with E-state index in [1.807, 2.05) is 40.0 Å². The van der Waals surface area contributed by atoms with E-state index in [4.69, 9.17) is 0 Å². The van der Waals surface area contributed by atoms with Gasteiger partial charge in [-0.2, -0.15) is 5.10 Å². The molecule has 21 heavy (non-hydrogen) atoms. The Morgan fingerprint density at radius 3 is 2.52 bits per heavy atom. The number of hydrogen-bond acceptors (Lipinski definition) is 3. The van der Waals surface area contributed by atoms with Crippen LogP contribution < -0.4 is 10.6 Å². The van der Waals surface area contributed by atoms with E-state index < -0.39 is 0 Å². The maximum Gasteiger partial charge on any atom is 0.243 e. The van der Waals surface area contributed by atoms with Gasteiger partial charge in [-0.1, -0.05) is 17.7 Å². The van der Waals surface area contributed by atoms with Crippen LogP contribution >= 0.6 is 0 Å². The predicted octanol–water partition coefficient (Wildman–Crippen LogP) is 2.70. The minimum absolute atomic E-state index is 0.0748. The summed E-state index contributed by atoms with van der Waals surface area (Å²) in [6, 6.07) is 6.12. The predicted molar refractivity (Wildman–Crippen MR) is 85.7 cm³/mol. The molecule has 112 valence electrons. The Bertz CT molecular complexity index is 673. The summed E-state index contributed by atoms with van der Waals surface area (Å²) < 4.78 is 1.77. The van der Waals surface area contributed by atoms with E-state index in [2.05, 4.69) is 28.7 Å². The van der Waals surface area contributed by atoms with Crippen LogP contribution in [0.25, 0.3) is 0 Å². The molecular weight excluding hydrogens is 264 g/mol. The summed E-state index contributed by atoms with van der Waals surface area (Å²) in [5.74, 6) is -0.0748. The molecule has 2 rings (SSSR count). The normalized spacial score (nSPS) is 10.5. The van der Waals surface area contributed by atoms with Gasteiger partial charge < -0.3 is 10.6 Å². The van der Waals surface area contributed by atoms with E-state index in [-0.39, 0.29) is 12.5 Å². The average molecular weight is 286 g/mol. The minimum atomic E-state index is -0.0748. The number of rotatable bonds is 4. The second kappa shape index (κ2) is 5.99. The van der Waals surface area contributed by atoms with Gasteiger partial charge >= 0.3 is 0 Å². The van der Waals surface area contributed by atoms with Crippen LogP contribution in [-0.4, -0.2) is 22.2 Å². The molecule has 5 nitrogen and oxygen atoms in total. The number of nitrogens with zero attached hydrogens (tertiary/aromatic N) is 2. The molecule has 0 spiro atoms. The fraction of sp³-hybridized carbons (Fsp3) is 0.375. The summed E-state index contributed by atoms with van der Waals surface area (Å²) in [7, 11) is 1.87. The second-order valence-corrected chi connectivity index (χ2v) is 5.39. The van der Waals surface area contributed by atoms with Gasteiger partial charge in [0.25, 0.3) is 0 Å². The third kappa shape index (κ3) is 3.42. The Morgan fingerprint density at radius 1 is 1.24 bits per heavy atom. The van der Waals surface area contributed by atoms with Gasteiger partial charge in [0.2, 0.25) is 5.91 Å². The van der Waals surface area contributed by atoms with Gasteiger partial charge in [-0.3, -0.25) is 9.48 Å². The first kappa shape index (κ1) is 15.1. The fourth-order valence-corrected chi connectivity index (χ4v) is 2.33. The van der Waals surface area contributed by atoms with Crippen LogP contribution in [0.15, 0.2) is 18.2 Å². The molecular formula is C16H22N4O. The lowest BCUT2D eigenvalue weighted by Crippen LogP contribution is -2.22. The van der Waals surface area contributed by atoms with Crippen LogP contribution in [-0.2, 0) is 11.8 Å². The first-order valence-corrected chi connectivity index (χ1v) is 6.99. The lowest BCUT2D eigenvalue weighted by molar-refractivity contribution is -0.114. The van der Waals surface area contributed by atoms with Crippen molar-refractivity contribution in [3.63, 3.8) is 0 Å². The maximum atomic E-state index is 12.1. The van der Waals surface area contributed by atoms with Crippen molar-refractivity contribution in [2.24, 2.45) is 7.05 Å². The molecule has 2 aromatic rings. The summed E-state index contributed by atoms with van der Waals surface area (Å²) in [5, 5.41) is 10.4. The molecule has 1 amide bonds. The number of carbonyl (C=O) groups excluding carboxylic acids is 1. The van der Waals surface area contributed by atoms with Crippen molar-refractivity contribution in [2.45, 2.75) is 27.7 Å². The number of amides is 1. The number of hydrogen-bond donors (Lipinski definition) is 2. The van der Waals surface area contributed by atoms with Crippen LogP contribution in [0.5, 0.6) is 0 Å². The Morgan fingerprint density at radius 2 is 1.95 bits per heavy atom. The highest BCUT2D eigenvalue weighted by molar-refractivity contribution is 5.94. The molecule has 0 saturated heterocycles. The number of carbonyl (C=O) groups is 1. The summed E-state index contributed by atoms with van der Waals surface area (Å²) in [4.78, 5) is 12.1. The Hall–Kier alpha value is -2.30. The first-order chi connectivity index (χ1) is 9.88. The van der Waals surface area contributed by atoms with Gasteiger partial charge in [0.15, 0.2) is 0 Å². The maximum absolute atomic E-state index is 12.1. The third-order valence-electron chi connectivity index (χ3n) is 3.59. The molecule has 1 aromatic carbocycles. The van der Waals surface area contributed by atoms with E-state index in [0.29, 0.717) is 0 Å². The van der Waals surface area contributed by atoms with Crippen LogP contribution in [0.1, 0.15) is 22.5 Å². The molecule has 0 fully saturated rings. The van der Waals surface area contributed by atoms with Crippen molar-refractivity contribution in [1.82, 2.24) is 9.78 Å². The molecule has 1 heterocycles. The monoisotopic (exact) mass is 286 g/mol. The highest BCUT2D eigenvalue weighted by Gasteiger charge is 2.12. The molecule has 0 aliphatic heterocycles. The number of benzene rings is 1. The molecule has 0 aliphatic carbocycles. The van der Waals surface area contributed by atoms with Crippen LogP contribution in [0.3, 0.4) is 0 Å². The summed E-state index contributed by atoms with van der Waals surface area (Å²) >= 11 is 0. The van der Waals surface area contributed by atoms with Gasteiger partial charge in [-0.25, -0.2) is 0 Å². The molecule has 1 aromatic heterocycles. The van der Waals surface area contributed by atoms with Crippen molar-refractivity contribution in [2.75, 3.05) is 17.2 Å². The molecule has 0 radical (unpaired) electrons. The van der Waals surface area contributed by atoms with Crippen LogP contribution in [0, 0.1) is 27.7 Å². The lowest BCUT2D eigenvalue weighted by Gasteiger charge is -2.11. The van der Waals surface area contributed by atoms with Gasteiger partial charge in [0.1, 0.15) is 0 Å². The number of aromatic nitrogens is 2. The van der Waals surface area contributed by atoms with Crippen molar-refractivity contribution < 1.29 is 4.79 Å². The second-order valence-electron chi connectivity index (χ2n) is 5.39. The van der Waals surface area contributed by atoms with Crippen LogP contribution in [0.2, 0.25) is 0 Å². The van der Waals surface area contributed by atoms with Crippen molar-refractivity contribution in [3.8, 4) is 0 Å². The SMILES string of the molecule is Cc1ccc(NCC(=O)Nc2c(C)nn(C)c2C)c(C)c1. The van der Waals surface area contributed by atoms with Gasteiger partial charge in [-0.05, 0) is 39.3 Å². The molecule has 2 N–H and O–H groups in total. The van der Waals surface area contributed by atoms with E-state index in [0.717, 1.165) is 28.3 Å². The van der Waals surface area contributed by atoms with E-state index in [1.54, 1.807) is 4.68 Å². The highest BCUT2D eigenvalue weighted by atomic mass is 16.1. The molecule has 0 saturated carbocycles. The van der Waals surface area contributed by atoms with Gasteiger partial charge in [0, 0.05) is 12.7 Å². The minimum Gasteiger partial charge on any atom is -0.376 e. The van der Waals surface area contributed by atoms with Gasteiger partial charge in [0.05, 0.1) is 23.6 Å². The zero-order valence-electron chi connectivity index (χ0n) is 13.2. The number of aryl methyl sites for hydroxylation is 4. The standard InChI is InChI=1S/C16H22N4O/c1-10-6-7-14(11(2)8-10)17-9-15(21)18-16-12(3)19-20(5)13(16)4/h6-8,17H,9H2,1-5H3,(H,18,21). The topological polar surface area (TPSA) is 59.0 Å². The zero-order valence-corrected chi connectivity index (χ0v) is 13.2. The van der Waals surface area contributed by atoms with Crippen LogP contribution in [0.4, 0.5) is 11.4 Å². The Kier molecular flexibility index (Phi) is 4.31. The molecule has 5 heteroatoms. The first-order valence-electron chi connectivity index (χ1n) is 6.99. The molecule has 0 bridgehead atoms. The van der Waals surface area contributed by atoms with Crippen molar-refractivity contribution in [1.29, 1.82) is 0 Å². The summed E-state index contributed by atoms with van der Waals surface area (Å²) in [6.07, 6.45) is 0. The lowest BCUT2D eigenvalue weighted by atomic mass is 10.1. The van der Waals surface area contributed by atoms with E-state index >= 15 is 0 Å². The summed E-state index contributed by atoms with van der Waals surface area (Å²) in [6.45, 7) is 8.14. The Labute approximate surface area is 125 Å². The van der Waals surface area contributed by atoms with Crippen molar-refractivity contribution >= 4 is 17.3 Å². The largest absolute Gasteiger partial charge is 0.376 e. The van der Waals surface area contributed by atoms with E-state index in [9.17, 15) is 4.79 Å². The van der Waals surface area contributed by atoms with Gasteiger partial charge in [-0.15, -0.1) is 0 Å². The number of anilines is 2. The smallest absolute Gasteiger partial charge is 0.243 e. The quantitative estimate of drug-likeness (QED) is 0.908. The van der Waals surface area contributed by atoms with E-state index in [1.165, 1.54) is 5.56 Å². The summed E-state index contributed by atoms with van der Waals surface area (Å²) in [5.41, 5.74) is 5.91.